The minimum atomic E-state index is -1.05. The lowest BCUT2D eigenvalue weighted by molar-refractivity contribution is -0.148. The number of carboxylic acid groups (broad SMARTS) is 1. The first-order valence-electron chi connectivity index (χ1n) is 6.24. The van der Waals surface area contributed by atoms with Crippen LogP contribution in [0.15, 0.2) is 34.0 Å². The zero-order chi connectivity index (χ0) is 14.8. The molecule has 0 aromatic carbocycles. The Morgan fingerprint density at radius 1 is 1.67 bits per heavy atom. The molecule has 0 bridgehead atoms. The molecular weight excluding hydrogens is 312 g/mol. The van der Waals surface area contributed by atoms with Gasteiger partial charge in [0.15, 0.2) is 0 Å². The average Bonchev–Trinajstić information content (AvgIpc) is 2.96. The van der Waals surface area contributed by atoms with Crippen molar-refractivity contribution in [2.75, 3.05) is 11.5 Å². The molecule has 21 heavy (non-hydrogen) atoms. The van der Waals surface area contributed by atoms with E-state index in [-0.39, 0.29) is 17.6 Å². The number of carbonyl (C=O) groups excluding carboxylic acids is 1. The van der Waals surface area contributed by atoms with Crippen molar-refractivity contribution in [2.24, 2.45) is 0 Å². The Kier molecular flexibility index (Phi) is 4.02. The van der Waals surface area contributed by atoms with E-state index in [0.717, 1.165) is 10.8 Å². The second-order valence-corrected chi connectivity index (χ2v) is 6.57. The van der Waals surface area contributed by atoms with E-state index in [1.807, 2.05) is 6.08 Å². The number of nitrogens with zero attached hydrogens (tertiary/aromatic N) is 3. The van der Waals surface area contributed by atoms with Gasteiger partial charge >= 0.3 is 5.97 Å². The molecule has 1 aromatic heterocycles. The summed E-state index contributed by atoms with van der Waals surface area (Å²) in [5.41, 5.74) is 0.107. The van der Waals surface area contributed by atoms with E-state index >= 15 is 0 Å². The highest BCUT2D eigenvalue weighted by molar-refractivity contribution is 8.03. The fourth-order valence-electron chi connectivity index (χ4n) is 2.18. The van der Waals surface area contributed by atoms with Crippen molar-refractivity contribution in [2.45, 2.75) is 17.5 Å². The molecule has 2 aliphatic heterocycles. The van der Waals surface area contributed by atoms with Crippen LogP contribution < -0.4 is 0 Å². The van der Waals surface area contributed by atoms with Gasteiger partial charge in [-0.1, -0.05) is 17.8 Å². The zero-order valence-corrected chi connectivity index (χ0v) is 12.5. The van der Waals surface area contributed by atoms with Crippen molar-refractivity contribution < 1.29 is 14.7 Å². The van der Waals surface area contributed by atoms with Crippen LogP contribution in [0.2, 0.25) is 0 Å². The van der Waals surface area contributed by atoms with E-state index < -0.39 is 5.97 Å². The number of amides is 1. The molecule has 1 saturated heterocycles. The number of thioether (sulfide) groups is 2. The average molecular weight is 324 g/mol. The second kappa shape index (κ2) is 5.94. The molecule has 7 nitrogen and oxygen atoms in total. The molecule has 1 amide bonds. The summed E-state index contributed by atoms with van der Waals surface area (Å²) in [6, 6.07) is 0.0373. The maximum absolute atomic E-state index is 11.6. The van der Waals surface area contributed by atoms with E-state index in [1.165, 1.54) is 28.4 Å². The smallest absolute Gasteiger partial charge is 0.353 e. The fourth-order valence-corrected chi connectivity index (χ4v) is 3.93. The van der Waals surface area contributed by atoms with Gasteiger partial charge < -0.3 is 10.0 Å². The zero-order valence-electron chi connectivity index (χ0n) is 10.9. The van der Waals surface area contributed by atoms with E-state index in [0.29, 0.717) is 17.1 Å². The minimum Gasteiger partial charge on any atom is -0.477 e. The Morgan fingerprint density at radius 3 is 3.19 bits per heavy atom. The SMILES string of the molecule is O=C(O)C1=C(C=CCSc2cn[nH]n2)SCC2CC(=O)N12. The second-order valence-electron chi connectivity index (χ2n) is 4.47. The number of fused-ring (bicyclic) bond motifs is 1. The number of aliphatic carboxylic acids is 1. The summed E-state index contributed by atoms with van der Waals surface area (Å²) < 4.78 is 0. The predicted molar refractivity (Wildman–Crippen MR) is 78.6 cm³/mol. The summed E-state index contributed by atoms with van der Waals surface area (Å²) in [6.07, 6.45) is 5.71. The van der Waals surface area contributed by atoms with E-state index in [9.17, 15) is 14.7 Å². The van der Waals surface area contributed by atoms with Crippen LogP contribution in [0.1, 0.15) is 6.42 Å². The molecule has 0 saturated carbocycles. The summed E-state index contributed by atoms with van der Waals surface area (Å²) in [5, 5.41) is 20.3. The van der Waals surface area contributed by atoms with Gasteiger partial charge in [0, 0.05) is 22.8 Å². The lowest BCUT2D eigenvalue weighted by Gasteiger charge is -2.43. The molecule has 2 aliphatic rings. The first-order chi connectivity index (χ1) is 10.2. The van der Waals surface area contributed by atoms with Gasteiger partial charge in [-0.25, -0.2) is 4.79 Å². The Bertz CT molecular complexity index is 626. The monoisotopic (exact) mass is 324 g/mol. The van der Waals surface area contributed by atoms with Crippen molar-refractivity contribution in [3.8, 4) is 0 Å². The van der Waals surface area contributed by atoms with Crippen LogP contribution in [0, 0.1) is 0 Å². The third-order valence-electron chi connectivity index (χ3n) is 3.14. The van der Waals surface area contributed by atoms with Crippen LogP contribution in [0.5, 0.6) is 0 Å². The number of H-pyrrole nitrogens is 1. The van der Waals surface area contributed by atoms with Crippen molar-refractivity contribution in [1.82, 2.24) is 20.3 Å². The van der Waals surface area contributed by atoms with Crippen LogP contribution >= 0.6 is 23.5 Å². The summed E-state index contributed by atoms with van der Waals surface area (Å²) >= 11 is 2.98. The van der Waals surface area contributed by atoms with Gasteiger partial charge in [-0.2, -0.15) is 10.3 Å². The van der Waals surface area contributed by atoms with Crippen LogP contribution in [-0.4, -0.2) is 54.8 Å². The third kappa shape index (κ3) is 2.84. The fraction of sp³-hybridized carbons (Fsp3) is 0.333. The van der Waals surface area contributed by atoms with Gasteiger partial charge in [0.2, 0.25) is 5.91 Å². The summed E-state index contributed by atoms with van der Waals surface area (Å²) in [6.45, 7) is 0. The first-order valence-corrected chi connectivity index (χ1v) is 8.21. The topological polar surface area (TPSA) is 99.2 Å². The summed E-state index contributed by atoms with van der Waals surface area (Å²) in [5.74, 6) is 0.240. The van der Waals surface area contributed by atoms with Gasteiger partial charge in [0.1, 0.15) is 10.7 Å². The van der Waals surface area contributed by atoms with Gasteiger partial charge in [0.25, 0.3) is 0 Å². The Morgan fingerprint density at radius 2 is 2.52 bits per heavy atom. The Labute approximate surface area is 128 Å². The molecule has 110 valence electrons. The largest absolute Gasteiger partial charge is 0.477 e. The maximum Gasteiger partial charge on any atom is 0.353 e. The quantitative estimate of drug-likeness (QED) is 0.618. The summed E-state index contributed by atoms with van der Waals surface area (Å²) in [4.78, 5) is 25.0. The lowest BCUT2D eigenvalue weighted by atomic mass is 10.0. The molecule has 0 aliphatic carbocycles. The maximum atomic E-state index is 11.6. The molecule has 1 atom stereocenters. The van der Waals surface area contributed by atoms with E-state index in [1.54, 1.807) is 12.3 Å². The standard InChI is InChI=1S/C12H12N4O3S2/c17-10-4-7-6-21-8(11(12(18)19)16(7)10)2-1-3-20-9-5-13-15-14-9/h1-2,5,7H,3-4,6H2,(H,18,19)(H,13,14,15). The minimum absolute atomic E-state index is 0.0373. The third-order valence-corrected chi connectivity index (χ3v) is 5.19. The molecular formula is C12H12N4O3S2. The Hall–Kier alpha value is -1.74. The number of β-lactam (4-membered cyclic amide) rings is 1. The van der Waals surface area contributed by atoms with E-state index in [2.05, 4.69) is 15.4 Å². The van der Waals surface area contributed by atoms with Crippen molar-refractivity contribution in [1.29, 1.82) is 0 Å². The van der Waals surface area contributed by atoms with Crippen LogP contribution in [0.4, 0.5) is 0 Å². The number of hydrogen-bond donors (Lipinski definition) is 2. The van der Waals surface area contributed by atoms with Gasteiger partial charge in [-0.3, -0.25) is 4.79 Å². The Balaban J connectivity index is 1.70. The number of carbonyl (C=O) groups is 2. The number of aromatic amines is 1. The van der Waals surface area contributed by atoms with Crippen molar-refractivity contribution >= 4 is 35.4 Å². The van der Waals surface area contributed by atoms with Crippen LogP contribution in [-0.2, 0) is 9.59 Å². The van der Waals surface area contributed by atoms with Gasteiger partial charge in [0.05, 0.1) is 12.2 Å². The number of aromatic nitrogens is 3. The molecule has 1 unspecified atom stereocenters. The van der Waals surface area contributed by atoms with Crippen LogP contribution in [0.3, 0.4) is 0 Å². The van der Waals surface area contributed by atoms with Gasteiger partial charge in [-0.15, -0.1) is 16.9 Å². The molecule has 9 heteroatoms. The van der Waals surface area contributed by atoms with Crippen LogP contribution in [0.25, 0.3) is 0 Å². The number of carboxylic acids is 1. The van der Waals surface area contributed by atoms with Gasteiger partial charge in [-0.05, 0) is 6.08 Å². The summed E-state index contributed by atoms with van der Waals surface area (Å²) in [7, 11) is 0. The molecule has 0 spiro atoms. The van der Waals surface area contributed by atoms with Crippen molar-refractivity contribution in [3.63, 3.8) is 0 Å². The first kappa shape index (κ1) is 14.2. The normalized spacial score (nSPS) is 21.6. The van der Waals surface area contributed by atoms with E-state index in [4.69, 9.17) is 0 Å². The number of hydrogen-bond acceptors (Lipinski definition) is 6. The van der Waals surface area contributed by atoms with Crippen molar-refractivity contribution in [3.05, 3.63) is 29.0 Å². The highest BCUT2D eigenvalue weighted by atomic mass is 32.2. The number of rotatable bonds is 5. The molecule has 0 radical (unpaired) electrons. The number of nitrogens with one attached hydrogen (secondary N) is 1. The highest BCUT2D eigenvalue weighted by Gasteiger charge is 2.44. The highest BCUT2D eigenvalue weighted by Crippen LogP contribution is 2.39. The lowest BCUT2D eigenvalue weighted by Crippen LogP contribution is -2.56. The molecule has 1 aromatic rings. The molecule has 3 heterocycles. The molecule has 3 rings (SSSR count). The molecule has 2 N–H and O–H groups in total. The molecule has 1 fully saturated rings. The predicted octanol–water partition coefficient (Wildman–Crippen LogP) is 1.10. The number of allylic oxidation sites excluding steroid dienone is 1.